The van der Waals surface area contributed by atoms with Crippen LogP contribution in [0.4, 0.5) is 0 Å². The zero-order valence-electron chi connectivity index (χ0n) is 44.3. The molecule has 1 amide bonds. The molecule has 0 rings (SSSR count). The van der Waals surface area contributed by atoms with Crippen molar-refractivity contribution in [2.24, 2.45) is 0 Å². The van der Waals surface area contributed by atoms with Gasteiger partial charge in [0.15, 0.2) is 0 Å². The van der Waals surface area contributed by atoms with Crippen LogP contribution in [0.1, 0.15) is 310 Å². The lowest BCUT2D eigenvalue weighted by atomic mass is 10.0. The molecule has 0 bridgehead atoms. The molecule has 0 fully saturated rings. The maximum atomic E-state index is 13.3. The van der Waals surface area contributed by atoms with Crippen molar-refractivity contribution in [3.05, 3.63) is 36.5 Å². The van der Waals surface area contributed by atoms with Crippen molar-refractivity contribution in [2.45, 2.75) is 328 Å². The fourth-order valence-corrected chi connectivity index (χ4v) is 9.01. The van der Waals surface area contributed by atoms with E-state index in [1.54, 1.807) is 0 Å². The number of aliphatic hydroxyl groups is 2. The van der Waals surface area contributed by atoms with Crippen molar-refractivity contribution in [1.29, 1.82) is 0 Å². The van der Waals surface area contributed by atoms with Crippen molar-refractivity contribution in [3.8, 4) is 0 Å². The van der Waals surface area contributed by atoms with Crippen molar-refractivity contribution in [3.63, 3.8) is 0 Å². The van der Waals surface area contributed by atoms with E-state index in [1.807, 2.05) is 0 Å². The van der Waals surface area contributed by atoms with Gasteiger partial charge in [0.05, 0.1) is 25.2 Å². The molecule has 0 heterocycles. The van der Waals surface area contributed by atoms with Crippen LogP contribution in [0, 0.1) is 0 Å². The third kappa shape index (κ3) is 48.5. The zero-order chi connectivity index (χ0) is 48.1. The van der Waals surface area contributed by atoms with Gasteiger partial charge in [0.2, 0.25) is 5.91 Å². The molecule has 3 N–H and O–H groups in total. The smallest absolute Gasteiger partial charge is 0.306 e. The van der Waals surface area contributed by atoms with Crippen LogP contribution in [-0.2, 0) is 14.3 Å². The Kier molecular flexibility index (Phi) is 52.5. The van der Waals surface area contributed by atoms with Crippen molar-refractivity contribution < 1.29 is 24.5 Å². The molecule has 0 saturated heterocycles. The highest BCUT2D eigenvalue weighted by atomic mass is 16.5. The third-order valence-electron chi connectivity index (χ3n) is 13.5. The number of rotatable bonds is 53. The molecule has 66 heavy (non-hydrogen) atoms. The number of allylic oxidation sites excluding steroid dienone is 6. The summed E-state index contributed by atoms with van der Waals surface area (Å²) in [6.45, 7) is 6.50. The first kappa shape index (κ1) is 64.1. The SMILES string of the molecule is CCCCCCCCC/C=C\CCCCCC(=O)OC(CCCCC/C=C/C=C/CCCCCCCCC)CC(=O)NC(CO)C(O)CCCCCCCCCCCCCCCCCCC. The second-order valence-electron chi connectivity index (χ2n) is 20.1. The number of amides is 1. The normalized spacial score (nSPS) is 13.3. The number of unbranched alkanes of at least 4 members (excludes halogenated alkanes) is 36. The molecular weight excluding hydrogens is 815 g/mol. The molecule has 0 aromatic rings. The van der Waals surface area contributed by atoms with Gasteiger partial charge in [-0.05, 0) is 77.0 Å². The van der Waals surface area contributed by atoms with E-state index >= 15 is 0 Å². The Morgan fingerprint density at radius 3 is 1.18 bits per heavy atom. The van der Waals surface area contributed by atoms with Gasteiger partial charge in [0.25, 0.3) is 0 Å². The quantitative estimate of drug-likeness (QED) is 0.0244. The van der Waals surface area contributed by atoms with E-state index in [-0.39, 0.29) is 24.9 Å². The topological polar surface area (TPSA) is 95.9 Å². The number of hydrogen-bond acceptors (Lipinski definition) is 5. The third-order valence-corrected chi connectivity index (χ3v) is 13.5. The summed E-state index contributed by atoms with van der Waals surface area (Å²) in [5.74, 6) is -0.506. The Balaban J connectivity index is 4.58. The van der Waals surface area contributed by atoms with Crippen LogP contribution in [0.3, 0.4) is 0 Å². The highest BCUT2D eigenvalue weighted by Gasteiger charge is 2.24. The summed E-state index contributed by atoms with van der Waals surface area (Å²) < 4.78 is 5.94. The summed E-state index contributed by atoms with van der Waals surface area (Å²) in [5, 5.41) is 23.9. The Bertz CT molecular complexity index is 1090. The van der Waals surface area contributed by atoms with E-state index in [0.29, 0.717) is 19.3 Å². The number of hydrogen-bond donors (Lipinski definition) is 3. The summed E-state index contributed by atoms with van der Waals surface area (Å²) in [6, 6.07) is -0.712. The predicted molar refractivity (Wildman–Crippen MR) is 287 cm³/mol. The van der Waals surface area contributed by atoms with Gasteiger partial charge in [-0.2, -0.15) is 0 Å². The summed E-state index contributed by atoms with van der Waals surface area (Å²) in [5.41, 5.74) is 0. The first-order valence-corrected chi connectivity index (χ1v) is 29.2. The molecular formula is C60H113NO5. The van der Waals surface area contributed by atoms with E-state index in [9.17, 15) is 19.8 Å². The number of esters is 1. The fraction of sp³-hybridized carbons (Fsp3) is 0.867. The fourth-order valence-electron chi connectivity index (χ4n) is 9.01. The molecule has 388 valence electrons. The second kappa shape index (κ2) is 54.0. The molecule has 0 aromatic carbocycles. The lowest BCUT2D eigenvalue weighted by Gasteiger charge is -2.24. The minimum absolute atomic E-state index is 0.0566. The number of aliphatic hydroxyl groups excluding tert-OH is 2. The number of carbonyl (C=O) groups is 2. The minimum atomic E-state index is -0.797. The molecule has 0 aromatic heterocycles. The molecule has 0 radical (unpaired) electrons. The molecule has 3 atom stereocenters. The van der Waals surface area contributed by atoms with Gasteiger partial charge in [-0.15, -0.1) is 0 Å². The molecule has 3 unspecified atom stereocenters. The lowest BCUT2D eigenvalue weighted by Crippen LogP contribution is -2.46. The van der Waals surface area contributed by atoms with Crippen LogP contribution >= 0.6 is 0 Å². The first-order chi connectivity index (χ1) is 32.5. The second-order valence-corrected chi connectivity index (χ2v) is 20.1. The van der Waals surface area contributed by atoms with E-state index in [0.717, 1.165) is 77.0 Å². The number of nitrogens with one attached hydrogen (secondary N) is 1. The lowest BCUT2D eigenvalue weighted by molar-refractivity contribution is -0.151. The summed E-state index contributed by atoms with van der Waals surface area (Å²) >= 11 is 0. The van der Waals surface area contributed by atoms with Crippen molar-refractivity contribution >= 4 is 11.9 Å². The van der Waals surface area contributed by atoms with Crippen LogP contribution in [0.5, 0.6) is 0 Å². The largest absolute Gasteiger partial charge is 0.462 e. The van der Waals surface area contributed by atoms with Crippen LogP contribution in [-0.4, -0.2) is 46.9 Å². The zero-order valence-corrected chi connectivity index (χ0v) is 44.3. The molecule has 0 aliphatic carbocycles. The van der Waals surface area contributed by atoms with E-state index in [4.69, 9.17) is 4.74 Å². The number of carbonyl (C=O) groups excluding carboxylic acids is 2. The van der Waals surface area contributed by atoms with E-state index in [2.05, 4.69) is 62.5 Å². The highest BCUT2D eigenvalue weighted by molar-refractivity contribution is 5.77. The molecule has 0 spiro atoms. The number of ether oxygens (including phenoxy) is 1. The standard InChI is InChI=1S/C60H113NO5/c1-4-7-10-13-16-19-22-25-28-30-32-34-37-40-43-46-49-52-58(63)57(55-62)61-59(64)54-56(51-48-45-42-39-36-33-31-29-26-23-20-17-14-11-8-5-2)66-60(65)53-50-47-44-41-38-35-27-24-21-18-15-12-9-6-3/h29,31,33,35-36,38,56-58,62-63H,4-28,30,32,34,37,39-55H2,1-3H3,(H,61,64)/b31-29+,36-33+,38-35-. The van der Waals surface area contributed by atoms with Gasteiger partial charge in [-0.1, -0.05) is 256 Å². The molecule has 0 aliphatic rings. The van der Waals surface area contributed by atoms with E-state index < -0.39 is 18.2 Å². The Morgan fingerprint density at radius 2 is 0.773 bits per heavy atom. The average molecular weight is 929 g/mol. The van der Waals surface area contributed by atoms with Gasteiger partial charge < -0.3 is 20.3 Å². The molecule has 0 aliphatic heterocycles. The average Bonchev–Trinajstić information content (AvgIpc) is 3.31. The summed E-state index contributed by atoms with van der Waals surface area (Å²) in [6.07, 6.45) is 65.0. The molecule has 6 nitrogen and oxygen atoms in total. The molecule has 0 saturated carbocycles. The molecule has 6 heteroatoms. The van der Waals surface area contributed by atoms with Gasteiger partial charge in [-0.25, -0.2) is 0 Å². The van der Waals surface area contributed by atoms with Crippen LogP contribution < -0.4 is 5.32 Å². The minimum Gasteiger partial charge on any atom is -0.462 e. The van der Waals surface area contributed by atoms with E-state index in [1.165, 1.54) is 186 Å². The van der Waals surface area contributed by atoms with Crippen molar-refractivity contribution in [1.82, 2.24) is 5.32 Å². The Morgan fingerprint density at radius 1 is 0.439 bits per heavy atom. The van der Waals surface area contributed by atoms with Crippen LogP contribution in [0.2, 0.25) is 0 Å². The monoisotopic (exact) mass is 928 g/mol. The highest BCUT2D eigenvalue weighted by Crippen LogP contribution is 2.18. The first-order valence-electron chi connectivity index (χ1n) is 29.2. The van der Waals surface area contributed by atoms with Gasteiger partial charge in [-0.3, -0.25) is 9.59 Å². The van der Waals surface area contributed by atoms with Gasteiger partial charge >= 0.3 is 5.97 Å². The van der Waals surface area contributed by atoms with Crippen molar-refractivity contribution in [2.75, 3.05) is 6.61 Å². The predicted octanol–water partition coefficient (Wildman–Crippen LogP) is 18.0. The van der Waals surface area contributed by atoms with Crippen LogP contribution in [0.25, 0.3) is 0 Å². The summed E-state index contributed by atoms with van der Waals surface area (Å²) in [4.78, 5) is 26.2. The van der Waals surface area contributed by atoms with Gasteiger partial charge in [0, 0.05) is 6.42 Å². The van der Waals surface area contributed by atoms with Crippen LogP contribution in [0.15, 0.2) is 36.5 Å². The van der Waals surface area contributed by atoms with Gasteiger partial charge in [0.1, 0.15) is 6.10 Å². The Hall–Kier alpha value is -1.92. The maximum absolute atomic E-state index is 13.3. The summed E-state index contributed by atoms with van der Waals surface area (Å²) in [7, 11) is 0. The Labute approximate surface area is 411 Å². The maximum Gasteiger partial charge on any atom is 0.306 e.